The van der Waals surface area contributed by atoms with Gasteiger partial charge < -0.3 is 9.64 Å². The summed E-state index contributed by atoms with van der Waals surface area (Å²) in [4.78, 5) is 26.7. The topological polar surface area (TPSA) is 46.6 Å². The number of rotatable bonds is 18. The van der Waals surface area contributed by atoms with Gasteiger partial charge in [-0.25, -0.2) is 9.18 Å². The van der Waals surface area contributed by atoms with Crippen LogP contribution in [-0.2, 0) is 9.53 Å². The Morgan fingerprint density at radius 3 is 1.94 bits per heavy atom. The Bertz CT molecular complexity index is 708. The number of carbonyl (C=O) groups excluding carboxylic acids is 2. The molecule has 1 aliphatic heterocycles. The molecule has 0 radical (unpaired) electrons. The molecule has 1 aliphatic rings. The van der Waals surface area contributed by atoms with Crippen LogP contribution in [0.15, 0.2) is 24.3 Å². The molecule has 1 amide bonds. The highest BCUT2D eigenvalue weighted by molar-refractivity contribution is 5.97. The number of esters is 1. The number of nitrogens with zero attached hydrogens (tertiary/aromatic N) is 1. The second-order valence-electron chi connectivity index (χ2n) is 9.75. The van der Waals surface area contributed by atoms with Gasteiger partial charge in [0, 0.05) is 6.54 Å². The molecule has 1 aromatic rings. The Labute approximate surface area is 206 Å². The lowest BCUT2D eigenvalue weighted by atomic mass is 10.0. The van der Waals surface area contributed by atoms with Crippen molar-refractivity contribution in [3.8, 4) is 0 Å². The van der Waals surface area contributed by atoms with Crippen molar-refractivity contribution in [2.75, 3.05) is 13.2 Å². The summed E-state index contributed by atoms with van der Waals surface area (Å²) in [6.45, 7) is 3.13. The third-order valence-electron chi connectivity index (χ3n) is 6.88. The Kier molecular flexibility index (Phi) is 14.6. The van der Waals surface area contributed by atoms with E-state index in [4.69, 9.17) is 4.74 Å². The lowest BCUT2D eigenvalue weighted by molar-refractivity contribution is -0.148. The number of carbonyl (C=O) groups is 2. The number of amides is 1. The first-order chi connectivity index (χ1) is 16.6. The van der Waals surface area contributed by atoms with E-state index in [1.807, 2.05) is 0 Å². The summed E-state index contributed by atoms with van der Waals surface area (Å²) in [5.41, 5.74) is 0.0182. The van der Waals surface area contributed by atoms with Crippen molar-refractivity contribution < 1.29 is 18.7 Å². The SMILES string of the molecule is CCCCCCCCCCCCCCCCCOC(=O)C1CCCN1C(=O)c1ccccc1F. The maximum Gasteiger partial charge on any atom is 0.328 e. The van der Waals surface area contributed by atoms with Gasteiger partial charge in [-0.2, -0.15) is 0 Å². The van der Waals surface area contributed by atoms with Crippen LogP contribution in [0.5, 0.6) is 0 Å². The fourth-order valence-corrected chi connectivity index (χ4v) is 4.79. The maximum absolute atomic E-state index is 14.0. The fourth-order valence-electron chi connectivity index (χ4n) is 4.79. The lowest BCUT2D eigenvalue weighted by Crippen LogP contribution is -2.41. The molecule has 2 rings (SSSR count). The van der Waals surface area contributed by atoms with Gasteiger partial charge in [0.25, 0.3) is 5.91 Å². The molecular formula is C29H46FNO3. The predicted molar refractivity (Wildman–Crippen MR) is 136 cm³/mol. The fraction of sp³-hybridized carbons (Fsp3) is 0.724. The Balaban J connectivity index is 1.46. The van der Waals surface area contributed by atoms with E-state index >= 15 is 0 Å². The average Bonchev–Trinajstić information content (AvgIpc) is 3.34. The molecular weight excluding hydrogens is 429 g/mol. The second-order valence-corrected chi connectivity index (χ2v) is 9.75. The van der Waals surface area contributed by atoms with Crippen LogP contribution in [0.4, 0.5) is 4.39 Å². The van der Waals surface area contributed by atoms with Crippen molar-refractivity contribution >= 4 is 11.9 Å². The summed E-state index contributed by atoms with van der Waals surface area (Å²) in [5.74, 6) is -1.33. The first-order valence-corrected chi connectivity index (χ1v) is 13.9. The highest BCUT2D eigenvalue weighted by Crippen LogP contribution is 2.22. The van der Waals surface area contributed by atoms with Gasteiger partial charge >= 0.3 is 5.97 Å². The van der Waals surface area contributed by atoms with Gasteiger partial charge in [0.1, 0.15) is 11.9 Å². The van der Waals surface area contributed by atoms with Gasteiger partial charge in [-0.15, -0.1) is 0 Å². The quantitative estimate of drug-likeness (QED) is 0.160. The first-order valence-electron chi connectivity index (χ1n) is 13.9. The number of likely N-dealkylation sites (tertiary alicyclic amines) is 1. The van der Waals surface area contributed by atoms with Gasteiger partial charge in [0.2, 0.25) is 0 Å². The number of hydrogen-bond donors (Lipinski definition) is 0. The molecule has 1 heterocycles. The Hall–Kier alpha value is -1.91. The minimum Gasteiger partial charge on any atom is -0.464 e. The van der Waals surface area contributed by atoms with Crippen LogP contribution in [0, 0.1) is 5.82 Å². The molecule has 0 aliphatic carbocycles. The van der Waals surface area contributed by atoms with E-state index in [2.05, 4.69) is 6.92 Å². The molecule has 4 nitrogen and oxygen atoms in total. The normalized spacial score (nSPS) is 15.6. The molecule has 5 heteroatoms. The van der Waals surface area contributed by atoms with Gasteiger partial charge in [-0.3, -0.25) is 4.79 Å². The highest BCUT2D eigenvalue weighted by atomic mass is 19.1. The third-order valence-corrected chi connectivity index (χ3v) is 6.88. The zero-order valence-corrected chi connectivity index (χ0v) is 21.4. The standard InChI is InChI=1S/C29H46FNO3/c1-2-3-4-5-6-7-8-9-10-11-12-13-14-15-18-24-34-29(33)27-22-19-23-31(27)28(32)25-20-16-17-21-26(25)30/h16-17,20-21,27H,2-15,18-19,22-24H2,1H3. The van der Waals surface area contributed by atoms with Crippen molar-refractivity contribution in [2.24, 2.45) is 0 Å². The summed E-state index contributed by atoms with van der Waals surface area (Å²) < 4.78 is 19.4. The van der Waals surface area contributed by atoms with Crippen molar-refractivity contribution in [3.63, 3.8) is 0 Å². The number of benzene rings is 1. The van der Waals surface area contributed by atoms with Crippen molar-refractivity contribution in [2.45, 2.75) is 122 Å². The van der Waals surface area contributed by atoms with E-state index in [0.717, 1.165) is 19.3 Å². The second kappa shape index (κ2) is 17.5. The van der Waals surface area contributed by atoms with Crippen LogP contribution in [0.3, 0.4) is 0 Å². The van der Waals surface area contributed by atoms with Crippen LogP contribution < -0.4 is 0 Å². The van der Waals surface area contributed by atoms with Gasteiger partial charge in [0.15, 0.2) is 0 Å². The summed E-state index contributed by atoms with van der Waals surface area (Å²) in [6.07, 6.45) is 20.8. The molecule has 0 spiro atoms. The van der Waals surface area contributed by atoms with E-state index in [9.17, 15) is 14.0 Å². The molecule has 1 unspecified atom stereocenters. The summed E-state index contributed by atoms with van der Waals surface area (Å²) >= 11 is 0. The van der Waals surface area contributed by atoms with E-state index in [0.29, 0.717) is 19.6 Å². The molecule has 34 heavy (non-hydrogen) atoms. The maximum atomic E-state index is 14.0. The van der Waals surface area contributed by atoms with Crippen molar-refractivity contribution in [3.05, 3.63) is 35.6 Å². The molecule has 1 atom stereocenters. The highest BCUT2D eigenvalue weighted by Gasteiger charge is 2.36. The van der Waals surface area contributed by atoms with Crippen LogP contribution >= 0.6 is 0 Å². The number of hydrogen-bond acceptors (Lipinski definition) is 3. The minimum atomic E-state index is -0.594. The molecule has 0 N–H and O–H groups in total. The number of unbranched alkanes of at least 4 members (excludes halogenated alkanes) is 14. The predicted octanol–water partition coefficient (Wildman–Crippen LogP) is 7.84. The largest absolute Gasteiger partial charge is 0.464 e. The van der Waals surface area contributed by atoms with Crippen LogP contribution in [0.1, 0.15) is 126 Å². The monoisotopic (exact) mass is 475 g/mol. The van der Waals surface area contributed by atoms with E-state index < -0.39 is 17.8 Å². The summed E-state index contributed by atoms with van der Waals surface area (Å²) in [5, 5.41) is 0. The zero-order valence-electron chi connectivity index (χ0n) is 21.4. The molecule has 192 valence electrons. The third kappa shape index (κ3) is 10.6. The first kappa shape index (κ1) is 28.3. The summed E-state index contributed by atoms with van der Waals surface area (Å²) in [7, 11) is 0. The van der Waals surface area contributed by atoms with Crippen LogP contribution in [0.25, 0.3) is 0 Å². The Morgan fingerprint density at radius 1 is 0.853 bits per heavy atom. The van der Waals surface area contributed by atoms with Crippen LogP contribution in [0.2, 0.25) is 0 Å². The van der Waals surface area contributed by atoms with E-state index in [1.165, 1.54) is 101 Å². The van der Waals surface area contributed by atoms with E-state index in [1.54, 1.807) is 12.1 Å². The lowest BCUT2D eigenvalue weighted by Gasteiger charge is -2.23. The summed E-state index contributed by atoms with van der Waals surface area (Å²) in [6, 6.07) is 5.33. The molecule has 0 aromatic heterocycles. The minimum absolute atomic E-state index is 0.0182. The smallest absolute Gasteiger partial charge is 0.328 e. The molecule has 0 saturated carbocycles. The number of halogens is 1. The average molecular weight is 476 g/mol. The van der Waals surface area contributed by atoms with Crippen LogP contribution in [-0.4, -0.2) is 36.0 Å². The van der Waals surface area contributed by atoms with Gasteiger partial charge in [-0.05, 0) is 31.4 Å². The zero-order chi connectivity index (χ0) is 24.4. The van der Waals surface area contributed by atoms with Crippen molar-refractivity contribution in [1.29, 1.82) is 0 Å². The Morgan fingerprint density at radius 2 is 1.38 bits per heavy atom. The number of ether oxygens (including phenoxy) is 1. The van der Waals surface area contributed by atoms with Gasteiger partial charge in [0.05, 0.1) is 12.2 Å². The molecule has 1 fully saturated rings. The molecule has 1 aromatic carbocycles. The van der Waals surface area contributed by atoms with E-state index in [-0.39, 0.29) is 11.5 Å². The van der Waals surface area contributed by atoms with Gasteiger partial charge in [-0.1, -0.05) is 109 Å². The molecule has 0 bridgehead atoms. The van der Waals surface area contributed by atoms with Crippen molar-refractivity contribution in [1.82, 2.24) is 4.90 Å². The molecule has 1 saturated heterocycles.